The van der Waals surface area contributed by atoms with E-state index in [1.807, 2.05) is 0 Å². The predicted molar refractivity (Wildman–Crippen MR) is 26.6 cm³/mol. The van der Waals surface area contributed by atoms with Gasteiger partial charge < -0.3 is 14.1 Å². The van der Waals surface area contributed by atoms with Gasteiger partial charge in [-0.15, -0.1) is 0 Å². The Morgan fingerprint density at radius 3 is 0.889 bits per heavy atom. The predicted octanol–water partition coefficient (Wildman–Crippen LogP) is -7.61. The van der Waals surface area contributed by atoms with Crippen molar-refractivity contribution in [3.63, 3.8) is 0 Å². The van der Waals surface area contributed by atoms with E-state index in [2.05, 4.69) is 0 Å². The van der Waals surface area contributed by atoms with E-state index in [9.17, 15) is 4.39 Å². The van der Waals surface area contributed by atoms with Crippen molar-refractivity contribution < 1.29 is 18.5 Å². The van der Waals surface area contributed by atoms with Crippen LogP contribution in [0.25, 0.3) is 0 Å². The van der Waals surface area contributed by atoms with Crippen LogP contribution in [0.4, 0.5) is 4.39 Å². The van der Waals surface area contributed by atoms with E-state index in [4.69, 9.17) is 0 Å². The molecule has 5 heteroatoms. The second-order valence-corrected chi connectivity index (χ2v) is 2.07. The van der Waals surface area contributed by atoms with Crippen LogP contribution in [0.5, 0.6) is 0 Å². The van der Waals surface area contributed by atoms with Gasteiger partial charge >= 0.3 is 17.4 Å². The Hall–Kier alpha value is 0.252. The molecule has 0 rings (SSSR count). The Morgan fingerprint density at radius 1 is 0.889 bits per heavy atom. The standard InChI is InChI=1S/C4H9F.Al.3FH/c1-4(2,3)5;;;;/h1-3H3;;3*1H/q;+3;;;/p-3. The average Bonchev–Trinajstić information content (AvgIpc) is 0.722. The molecule has 0 radical (unpaired) electrons. The Balaban J connectivity index is -0.0000000133. The first-order valence-electron chi connectivity index (χ1n) is 1.69. The SMILES string of the molecule is CC(C)(C)F.[Al+3].[F-].[F-].[F-]. The van der Waals surface area contributed by atoms with Gasteiger partial charge in [0.1, 0.15) is 5.67 Å². The molecule has 0 amide bonds. The molecular weight excluding hydrogens is 151 g/mol. The molecule has 0 aromatic heterocycles. The molecule has 0 bridgehead atoms. The second kappa shape index (κ2) is 11.1. The molecule has 0 saturated carbocycles. The van der Waals surface area contributed by atoms with Crippen molar-refractivity contribution in [1.82, 2.24) is 0 Å². The van der Waals surface area contributed by atoms with E-state index in [-0.39, 0.29) is 31.5 Å². The maximum Gasteiger partial charge on any atom is 3.00 e. The van der Waals surface area contributed by atoms with Gasteiger partial charge in [0.05, 0.1) is 0 Å². The van der Waals surface area contributed by atoms with Crippen molar-refractivity contribution in [2.75, 3.05) is 0 Å². The molecule has 0 saturated heterocycles. The maximum atomic E-state index is 11.7. The quantitative estimate of drug-likeness (QED) is 0.244. The van der Waals surface area contributed by atoms with E-state index in [1.54, 1.807) is 0 Å². The number of rotatable bonds is 0. The Morgan fingerprint density at radius 2 is 0.889 bits per heavy atom. The van der Waals surface area contributed by atoms with Crippen LogP contribution in [0.15, 0.2) is 0 Å². The molecule has 0 N–H and O–H groups in total. The molecule has 0 fully saturated rings. The van der Waals surface area contributed by atoms with Crippen molar-refractivity contribution in [3.8, 4) is 0 Å². The molecule has 9 heavy (non-hydrogen) atoms. The molecule has 0 atom stereocenters. The van der Waals surface area contributed by atoms with Gasteiger partial charge in [0.15, 0.2) is 0 Å². The van der Waals surface area contributed by atoms with Gasteiger partial charge in [-0.3, -0.25) is 0 Å². The number of hydrogen-bond acceptors (Lipinski definition) is 0. The Kier molecular flexibility index (Phi) is 43.0. The van der Waals surface area contributed by atoms with Gasteiger partial charge in [0.2, 0.25) is 0 Å². The van der Waals surface area contributed by atoms with E-state index in [0.717, 1.165) is 0 Å². The first-order chi connectivity index (χ1) is 2.00. The molecular formula is C4H9AlF4. The van der Waals surface area contributed by atoms with Crippen LogP contribution >= 0.6 is 0 Å². The summed E-state index contributed by atoms with van der Waals surface area (Å²) in [5.41, 5.74) is -1.00. The smallest absolute Gasteiger partial charge is 1.00 e. The third kappa shape index (κ3) is 5060. The number of hydrogen-bond donors (Lipinski definition) is 0. The minimum atomic E-state index is -1.00. The molecule has 0 aromatic rings. The average molecular weight is 160 g/mol. The van der Waals surface area contributed by atoms with Crippen molar-refractivity contribution in [2.24, 2.45) is 0 Å². The van der Waals surface area contributed by atoms with Gasteiger partial charge in [0.25, 0.3) is 0 Å². The van der Waals surface area contributed by atoms with Crippen LogP contribution in [0, 0.1) is 0 Å². The van der Waals surface area contributed by atoms with Gasteiger partial charge in [-0.05, 0) is 20.8 Å². The summed E-state index contributed by atoms with van der Waals surface area (Å²) in [4.78, 5) is 0. The van der Waals surface area contributed by atoms with E-state index < -0.39 is 5.67 Å². The summed E-state index contributed by atoms with van der Waals surface area (Å²) in [6, 6.07) is 0. The third-order valence-electron chi connectivity index (χ3n) is 0. The third-order valence-corrected chi connectivity index (χ3v) is 0. The van der Waals surface area contributed by atoms with E-state index in [0.29, 0.717) is 0 Å². The van der Waals surface area contributed by atoms with Crippen molar-refractivity contribution in [1.29, 1.82) is 0 Å². The van der Waals surface area contributed by atoms with Gasteiger partial charge in [-0.25, -0.2) is 4.39 Å². The summed E-state index contributed by atoms with van der Waals surface area (Å²) >= 11 is 0. The van der Waals surface area contributed by atoms with E-state index >= 15 is 0 Å². The van der Waals surface area contributed by atoms with Gasteiger partial charge in [-0.1, -0.05) is 0 Å². The zero-order chi connectivity index (χ0) is 4.50. The van der Waals surface area contributed by atoms with Gasteiger partial charge in [0, 0.05) is 0 Å². The summed E-state index contributed by atoms with van der Waals surface area (Å²) < 4.78 is 11.7. The van der Waals surface area contributed by atoms with E-state index in [1.165, 1.54) is 20.8 Å². The van der Waals surface area contributed by atoms with Crippen LogP contribution in [0.1, 0.15) is 20.8 Å². The fourth-order valence-corrected chi connectivity index (χ4v) is 0. The van der Waals surface area contributed by atoms with Crippen LogP contribution in [0.2, 0.25) is 0 Å². The van der Waals surface area contributed by atoms with Crippen LogP contribution in [-0.4, -0.2) is 23.0 Å². The Labute approximate surface area is 63.1 Å². The monoisotopic (exact) mass is 160 g/mol. The summed E-state index contributed by atoms with van der Waals surface area (Å²) in [5, 5.41) is 0. The minimum Gasteiger partial charge on any atom is -1.00 e. The topological polar surface area (TPSA) is 0 Å². The van der Waals surface area contributed by atoms with Crippen molar-refractivity contribution in [3.05, 3.63) is 0 Å². The fraction of sp³-hybridized carbons (Fsp3) is 1.00. The first kappa shape index (κ1) is 34.8. The summed E-state index contributed by atoms with van der Waals surface area (Å²) in [6.07, 6.45) is 0. The zero-order valence-electron chi connectivity index (χ0n) is 5.59. The van der Waals surface area contributed by atoms with Crippen LogP contribution in [-0.2, 0) is 0 Å². The maximum absolute atomic E-state index is 11.7. The summed E-state index contributed by atoms with van der Waals surface area (Å²) in [7, 11) is 0. The van der Waals surface area contributed by atoms with Crippen LogP contribution in [0.3, 0.4) is 0 Å². The van der Waals surface area contributed by atoms with Crippen molar-refractivity contribution >= 4 is 17.4 Å². The molecule has 0 aliphatic carbocycles. The second-order valence-electron chi connectivity index (χ2n) is 2.07. The van der Waals surface area contributed by atoms with Gasteiger partial charge in [-0.2, -0.15) is 0 Å². The first-order valence-corrected chi connectivity index (χ1v) is 1.69. The molecule has 0 heterocycles. The molecule has 0 aromatic carbocycles. The molecule has 0 spiro atoms. The Bertz CT molecular complexity index is 28.0. The molecule has 0 aliphatic rings. The minimum absolute atomic E-state index is 0. The number of alkyl halides is 1. The number of halogens is 4. The summed E-state index contributed by atoms with van der Waals surface area (Å²) in [6.45, 7) is 4.56. The largest absolute Gasteiger partial charge is 3.00 e. The van der Waals surface area contributed by atoms with Crippen molar-refractivity contribution in [2.45, 2.75) is 26.4 Å². The fourth-order valence-electron chi connectivity index (χ4n) is 0. The normalized spacial score (nSPS) is 6.67. The zero-order valence-corrected chi connectivity index (χ0v) is 6.74. The molecule has 56 valence electrons. The molecule has 0 nitrogen and oxygen atoms in total. The summed E-state index contributed by atoms with van der Waals surface area (Å²) in [5.74, 6) is 0. The molecule has 0 aliphatic heterocycles. The van der Waals surface area contributed by atoms with Crippen LogP contribution < -0.4 is 14.1 Å². The molecule has 0 unspecified atom stereocenters.